The fourth-order valence-corrected chi connectivity index (χ4v) is 2.34. The highest BCUT2D eigenvalue weighted by molar-refractivity contribution is 5.36. The van der Waals surface area contributed by atoms with Gasteiger partial charge in [-0.3, -0.25) is 4.98 Å². The lowest BCUT2D eigenvalue weighted by molar-refractivity contribution is 0.193. The Bertz CT molecular complexity index is 541. The molecular formula is C15H18N4O. The molecule has 0 unspecified atom stereocenters. The second-order valence-corrected chi connectivity index (χ2v) is 4.92. The summed E-state index contributed by atoms with van der Waals surface area (Å²) >= 11 is 0. The monoisotopic (exact) mass is 270 g/mol. The molecule has 1 aliphatic rings. The third-order valence-corrected chi connectivity index (χ3v) is 3.51. The van der Waals surface area contributed by atoms with Gasteiger partial charge < -0.3 is 10.1 Å². The first-order chi connectivity index (χ1) is 9.92. The number of nitrogens with one attached hydrogen (secondary N) is 1. The Hall–Kier alpha value is -2.01. The summed E-state index contributed by atoms with van der Waals surface area (Å²) in [6, 6.07) is 6.10. The number of pyridine rings is 1. The third kappa shape index (κ3) is 3.30. The molecule has 5 nitrogen and oxygen atoms in total. The molecule has 0 amide bonds. The van der Waals surface area contributed by atoms with Crippen molar-refractivity contribution < 1.29 is 4.74 Å². The second kappa shape index (κ2) is 6.43. The molecule has 0 spiro atoms. The van der Waals surface area contributed by atoms with Crippen LogP contribution in [0.25, 0.3) is 0 Å². The van der Waals surface area contributed by atoms with Gasteiger partial charge in [-0.25, -0.2) is 9.97 Å². The minimum absolute atomic E-state index is 0.416. The number of nitrogens with zero attached hydrogens (tertiary/aromatic N) is 3. The van der Waals surface area contributed by atoms with E-state index in [-0.39, 0.29) is 0 Å². The van der Waals surface area contributed by atoms with Crippen molar-refractivity contribution in [2.75, 3.05) is 25.1 Å². The molecular weight excluding hydrogens is 252 g/mol. The van der Waals surface area contributed by atoms with Crippen LogP contribution in [0.3, 0.4) is 0 Å². The lowest BCUT2D eigenvalue weighted by Gasteiger charge is -2.09. The molecule has 1 aliphatic heterocycles. The summed E-state index contributed by atoms with van der Waals surface area (Å²) in [5, 5.41) is 3.34. The van der Waals surface area contributed by atoms with E-state index in [9.17, 15) is 0 Å². The van der Waals surface area contributed by atoms with Gasteiger partial charge in [-0.2, -0.15) is 0 Å². The molecule has 3 rings (SSSR count). The lowest BCUT2D eigenvalue weighted by Crippen LogP contribution is -2.08. The molecule has 20 heavy (non-hydrogen) atoms. The largest absolute Gasteiger partial charge is 0.381 e. The number of ether oxygens (including phenoxy) is 1. The second-order valence-electron chi connectivity index (χ2n) is 4.92. The minimum Gasteiger partial charge on any atom is -0.381 e. The Labute approximate surface area is 118 Å². The van der Waals surface area contributed by atoms with Crippen LogP contribution in [-0.4, -0.2) is 34.7 Å². The first-order valence-electron chi connectivity index (χ1n) is 6.94. The Balaban J connectivity index is 1.56. The zero-order chi connectivity index (χ0) is 13.6. The Kier molecular flexibility index (Phi) is 4.18. The SMILES string of the molecule is c1cc(CCNc2cc([C@H]3CCOC3)ncn2)ccn1. The summed E-state index contributed by atoms with van der Waals surface area (Å²) < 4.78 is 5.40. The molecule has 0 aliphatic carbocycles. The van der Waals surface area contributed by atoms with E-state index < -0.39 is 0 Å². The van der Waals surface area contributed by atoms with Gasteiger partial charge in [0.2, 0.25) is 0 Å². The first-order valence-corrected chi connectivity index (χ1v) is 6.94. The maximum atomic E-state index is 5.40. The van der Waals surface area contributed by atoms with Crippen molar-refractivity contribution in [1.82, 2.24) is 15.0 Å². The summed E-state index contributed by atoms with van der Waals surface area (Å²) in [7, 11) is 0. The molecule has 104 valence electrons. The summed E-state index contributed by atoms with van der Waals surface area (Å²) in [4.78, 5) is 12.6. The molecule has 5 heteroatoms. The van der Waals surface area contributed by atoms with E-state index in [1.165, 1.54) is 5.56 Å². The van der Waals surface area contributed by atoms with Crippen molar-refractivity contribution in [2.45, 2.75) is 18.8 Å². The molecule has 1 N–H and O–H groups in total. The van der Waals surface area contributed by atoms with Crippen molar-refractivity contribution in [1.29, 1.82) is 0 Å². The highest BCUT2D eigenvalue weighted by Crippen LogP contribution is 2.24. The summed E-state index contributed by atoms with van der Waals surface area (Å²) in [5.74, 6) is 1.30. The molecule has 0 radical (unpaired) electrons. The Morgan fingerprint density at radius 1 is 1.25 bits per heavy atom. The quantitative estimate of drug-likeness (QED) is 0.900. The standard InChI is InChI=1S/C15H18N4O/c1-5-16-6-2-12(1)3-7-17-15-9-14(18-11-19-15)13-4-8-20-10-13/h1-2,5-6,9,11,13H,3-4,7-8,10H2,(H,17,18,19)/t13-/m0/s1. The van der Waals surface area contributed by atoms with Crippen molar-refractivity contribution in [3.63, 3.8) is 0 Å². The zero-order valence-corrected chi connectivity index (χ0v) is 11.3. The number of hydrogen-bond donors (Lipinski definition) is 1. The van der Waals surface area contributed by atoms with Crippen LogP contribution < -0.4 is 5.32 Å². The first kappa shape index (κ1) is 13.0. The van der Waals surface area contributed by atoms with E-state index in [2.05, 4.69) is 20.3 Å². The average Bonchev–Trinajstić information content (AvgIpc) is 3.03. The minimum atomic E-state index is 0.416. The number of hydrogen-bond acceptors (Lipinski definition) is 5. The van der Waals surface area contributed by atoms with Crippen molar-refractivity contribution in [2.24, 2.45) is 0 Å². The molecule has 1 saturated heterocycles. The molecule has 1 fully saturated rings. The highest BCUT2D eigenvalue weighted by Gasteiger charge is 2.19. The van der Waals surface area contributed by atoms with E-state index in [0.717, 1.165) is 44.1 Å². The summed E-state index contributed by atoms with van der Waals surface area (Å²) in [5.41, 5.74) is 2.34. The van der Waals surface area contributed by atoms with Gasteiger partial charge >= 0.3 is 0 Å². The predicted octanol–water partition coefficient (Wildman–Crippen LogP) is 2.03. The van der Waals surface area contributed by atoms with E-state index in [0.29, 0.717) is 5.92 Å². The van der Waals surface area contributed by atoms with Gasteiger partial charge in [0.1, 0.15) is 12.1 Å². The molecule has 0 aromatic carbocycles. The molecule has 1 atom stereocenters. The van der Waals surface area contributed by atoms with Crippen molar-refractivity contribution >= 4 is 5.82 Å². The zero-order valence-electron chi connectivity index (χ0n) is 11.3. The van der Waals surface area contributed by atoms with Crippen LogP contribution in [0.4, 0.5) is 5.82 Å². The van der Waals surface area contributed by atoms with Gasteiger partial charge in [0, 0.05) is 37.5 Å². The molecule has 2 aromatic rings. The van der Waals surface area contributed by atoms with Gasteiger partial charge in [0.05, 0.1) is 12.3 Å². The maximum Gasteiger partial charge on any atom is 0.129 e. The third-order valence-electron chi connectivity index (χ3n) is 3.51. The van der Waals surface area contributed by atoms with E-state index in [1.807, 2.05) is 30.6 Å². The van der Waals surface area contributed by atoms with Crippen molar-refractivity contribution in [3.8, 4) is 0 Å². The van der Waals surface area contributed by atoms with Gasteiger partial charge in [0.25, 0.3) is 0 Å². The topological polar surface area (TPSA) is 59.9 Å². The molecule has 2 aromatic heterocycles. The number of rotatable bonds is 5. The van der Waals surface area contributed by atoms with Crippen LogP contribution in [0.1, 0.15) is 23.6 Å². The molecule has 0 bridgehead atoms. The fourth-order valence-electron chi connectivity index (χ4n) is 2.34. The van der Waals surface area contributed by atoms with E-state index in [1.54, 1.807) is 6.33 Å². The number of aromatic nitrogens is 3. The van der Waals surface area contributed by atoms with Gasteiger partial charge in [0.15, 0.2) is 0 Å². The maximum absolute atomic E-state index is 5.40. The van der Waals surface area contributed by atoms with Crippen LogP contribution in [0.5, 0.6) is 0 Å². The predicted molar refractivity (Wildman–Crippen MR) is 76.6 cm³/mol. The van der Waals surface area contributed by atoms with Crippen LogP contribution >= 0.6 is 0 Å². The fraction of sp³-hybridized carbons (Fsp3) is 0.400. The number of anilines is 1. The molecule has 3 heterocycles. The average molecular weight is 270 g/mol. The van der Waals surface area contributed by atoms with Crippen LogP contribution in [0, 0.1) is 0 Å². The van der Waals surface area contributed by atoms with Gasteiger partial charge in [-0.1, -0.05) is 0 Å². The van der Waals surface area contributed by atoms with Gasteiger partial charge in [-0.15, -0.1) is 0 Å². The Morgan fingerprint density at radius 3 is 2.95 bits per heavy atom. The van der Waals surface area contributed by atoms with Crippen molar-refractivity contribution in [3.05, 3.63) is 48.2 Å². The van der Waals surface area contributed by atoms with Gasteiger partial charge in [-0.05, 0) is 30.5 Å². The highest BCUT2D eigenvalue weighted by atomic mass is 16.5. The molecule has 0 saturated carbocycles. The van der Waals surface area contributed by atoms with Crippen LogP contribution in [0.2, 0.25) is 0 Å². The lowest BCUT2D eigenvalue weighted by atomic mass is 10.1. The summed E-state index contributed by atoms with van der Waals surface area (Å²) in [6.45, 7) is 2.45. The van der Waals surface area contributed by atoms with Crippen LogP contribution in [-0.2, 0) is 11.2 Å². The Morgan fingerprint density at radius 2 is 2.15 bits per heavy atom. The van der Waals surface area contributed by atoms with E-state index >= 15 is 0 Å². The normalized spacial score (nSPS) is 18.1. The summed E-state index contributed by atoms with van der Waals surface area (Å²) in [6.07, 6.45) is 7.26. The van der Waals surface area contributed by atoms with E-state index in [4.69, 9.17) is 4.74 Å². The van der Waals surface area contributed by atoms with Crippen LogP contribution in [0.15, 0.2) is 36.9 Å². The smallest absolute Gasteiger partial charge is 0.129 e.